The maximum atomic E-state index is 11.7. The van der Waals surface area contributed by atoms with Crippen molar-refractivity contribution < 1.29 is 14.3 Å². The third-order valence-electron chi connectivity index (χ3n) is 1.80. The molecule has 0 N–H and O–H groups in total. The third kappa shape index (κ3) is 4.52. The summed E-state index contributed by atoms with van der Waals surface area (Å²) in [5.74, 6) is -0.138. The summed E-state index contributed by atoms with van der Waals surface area (Å²) in [5.41, 5.74) is -0.557. The predicted molar refractivity (Wildman–Crippen MR) is 65.3 cm³/mol. The molecule has 1 heterocycles. The molecule has 6 heteroatoms. The van der Waals surface area contributed by atoms with Crippen molar-refractivity contribution in [3.63, 3.8) is 0 Å². The Morgan fingerprint density at radius 3 is 2.59 bits per heavy atom. The summed E-state index contributed by atoms with van der Waals surface area (Å²) in [6.45, 7) is 5.34. The summed E-state index contributed by atoms with van der Waals surface area (Å²) in [6.07, 6.45) is 1.06. The Balaban J connectivity index is 2.52. The number of carbonyl (C=O) groups is 2. The molecule has 0 fully saturated rings. The molecule has 0 spiro atoms. The Labute approximate surface area is 105 Å². The molecule has 0 aromatic carbocycles. The largest absolute Gasteiger partial charge is 0.444 e. The molecule has 0 atom stereocenters. The first-order chi connectivity index (χ1) is 7.79. The van der Waals surface area contributed by atoms with Gasteiger partial charge in [-0.25, -0.2) is 9.17 Å². The molecular weight excluding hydrogens is 240 g/mol. The fourth-order valence-corrected chi connectivity index (χ4v) is 1.58. The topological polar surface area (TPSA) is 59.5 Å². The summed E-state index contributed by atoms with van der Waals surface area (Å²) >= 11 is 1.12. The molecule has 0 aliphatic heterocycles. The average molecular weight is 256 g/mol. The molecule has 0 unspecified atom stereocenters. The monoisotopic (exact) mass is 256 g/mol. The second-order valence-corrected chi connectivity index (χ2v) is 5.47. The van der Waals surface area contributed by atoms with E-state index in [1.807, 2.05) is 0 Å². The number of nitrogens with zero attached hydrogens (tertiary/aromatic N) is 2. The highest BCUT2D eigenvalue weighted by atomic mass is 32.1. The van der Waals surface area contributed by atoms with E-state index in [9.17, 15) is 9.59 Å². The zero-order chi connectivity index (χ0) is 13.1. The molecule has 17 heavy (non-hydrogen) atoms. The molecule has 1 rings (SSSR count). The third-order valence-corrected chi connectivity index (χ3v) is 2.59. The van der Waals surface area contributed by atoms with Gasteiger partial charge in [0.1, 0.15) is 5.60 Å². The normalized spacial score (nSPS) is 11.1. The van der Waals surface area contributed by atoms with E-state index in [1.165, 1.54) is 11.9 Å². The van der Waals surface area contributed by atoms with Gasteiger partial charge in [-0.2, -0.15) is 0 Å². The van der Waals surface area contributed by atoms with Gasteiger partial charge in [0.2, 0.25) is 0 Å². The van der Waals surface area contributed by atoms with Crippen LogP contribution in [0.25, 0.3) is 0 Å². The number of Topliss-reactive ketones (excluding diaryl/α,β-unsaturated/α-hetero) is 1. The van der Waals surface area contributed by atoms with Crippen LogP contribution in [0.2, 0.25) is 0 Å². The number of amides is 1. The van der Waals surface area contributed by atoms with Gasteiger partial charge in [0.05, 0.1) is 11.4 Å². The van der Waals surface area contributed by atoms with Crippen molar-refractivity contribution in [3.8, 4) is 0 Å². The van der Waals surface area contributed by atoms with Crippen molar-refractivity contribution in [2.24, 2.45) is 0 Å². The number of carbonyl (C=O) groups excluding carboxylic acids is 2. The molecule has 0 saturated carbocycles. The van der Waals surface area contributed by atoms with E-state index < -0.39 is 11.7 Å². The SMILES string of the molecule is CN(CC(=O)c1ccns1)C(=O)OC(C)(C)C. The fourth-order valence-electron chi connectivity index (χ4n) is 1.06. The van der Waals surface area contributed by atoms with Crippen LogP contribution in [-0.2, 0) is 4.74 Å². The van der Waals surface area contributed by atoms with Crippen LogP contribution in [0, 0.1) is 0 Å². The van der Waals surface area contributed by atoms with Gasteiger partial charge in [-0.1, -0.05) is 0 Å². The minimum Gasteiger partial charge on any atom is -0.444 e. The maximum absolute atomic E-state index is 11.7. The highest BCUT2D eigenvalue weighted by molar-refractivity contribution is 7.08. The predicted octanol–water partition coefficient (Wildman–Crippen LogP) is 2.19. The van der Waals surface area contributed by atoms with Gasteiger partial charge in [0.15, 0.2) is 5.78 Å². The first-order valence-corrected chi connectivity index (χ1v) is 5.95. The van der Waals surface area contributed by atoms with E-state index >= 15 is 0 Å². The lowest BCUT2D eigenvalue weighted by molar-refractivity contribution is 0.0295. The van der Waals surface area contributed by atoms with E-state index in [2.05, 4.69) is 4.37 Å². The van der Waals surface area contributed by atoms with Gasteiger partial charge >= 0.3 is 6.09 Å². The number of rotatable bonds is 3. The molecule has 5 nitrogen and oxygen atoms in total. The van der Waals surface area contributed by atoms with Crippen LogP contribution in [0.15, 0.2) is 12.3 Å². The number of ether oxygens (including phenoxy) is 1. The van der Waals surface area contributed by atoms with Crippen LogP contribution in [-0.4, -0.2) is 40.3 Å². The Hall–Kier alpha value is -1.43. The summed E-state index contributed by atoms with van der Waals surface area (Å²) in [6, 6.07) is 1.63. The lowest BCUT2D eigenvalue weighted by Gasteiger charge is -2.24. The number of likely N-dealkylation sites (N-methyl/N-ethyl adjacent to an activating group) is 1. The fraction of sp³-hybridized carbons (Fsp3) is 0.545. The molecule has 94 valence electrons. The minimum atomic E-state index is -0.557. The zero-order valence-electron chi connectivity index (χ0n) is 10.4. The average Bonchev–Trinajstić information content (AvgIpc) is 2.67. The van der Waals surface area contributed by atoms with Gasteiger partial charge < -0.3 is 9.64 Å². The number of aromatic nitrogens is 1. The van der Waals surface area contributed by atoms with E-state index in [0.717, 1.165) is 11.5 Å². The van der Waals surface area contributed by atoms with Crippen LogP contribution >= 0.6 is 11.5 Å². The van der Waals surface area contributed by atoms with Crippen LogP contribution in [0.5, 0.6) is 0 Å². The first kappa shape index (κ1) is 13.6. The molecule has 0 saturated heterocycles. The molecule has 1 aromatic heterocycles. The summed E-state index contributed by atoms with van der Waals surface area (Å²) in [5, 5.41) is 0. The Morgan fingerprint density at radius 2 is 2.12 bits per heavy atom. The first-order valence-electron chi connectivity index (χ1n) is 5.17. The van der Waals surface area contributed by atoms with Gasteiger partial charge in [0, 0.05) is 13.2 Å². The minimum absolute atomic E-state index is 0.00287. The number of hydrogen-bond acceptors (Lipinski definition) is 5. The smallest absolute Gasteiger partial charge is 0.410 e. The summed E-state index contributed by atoms with van der Waals surface area (Å²) in [7, 11) is 1.53. The second-order valence-electron chi connectivity index (χ2n) is 4.64. The van der Waals surface area contributed by atoms with Crippen LogP contribution in [0.4, 0.5) is 4.79 Å². The molecule has 0 bridgehead atoms. The Kier molecular flexibility index (Phi) is 4.22. The molecule has 1 amide bonds. The van der Waals surface area contributed by atoms with E-state index in [-0.39, 0.29) is 12.3 Å². The van der Waals surface area contributed by atoms with Crippen LogP contribution in [0.3, 0.4) is 0 Å². The lowest BCUT2D eigenvalue weighted by Crippen LogP contribution is -2.37. The molecule has 0 radical (unpaired) electrons. The van der Waals surface area contributed by atoms with Crippen molar-refractivity contribution in [2.45, 2.75) is 26.4 Å². The van der Waals surface area contributed by atoms with Crippen molar-refractivity contribution in [1.82, 2.24) is 9.27 Å². The Morgan fingerprint density at radius 1 is 1.47 bits per heavy atom. The van der Waals surface area contributed by atoms with Crippen molar-refractivity contribution in [1.29, 1.82) is 0 Å². The highest BCUT2D eigenvalue weighted by Crippen LogP contribution is 2.10. The van der Waals surface area contributed by atoms with Crippen LogP contribution < -0.4 is 0 Å². The van der Waals surface area contributed by atoms with Gasteiger partial charge in [0.25, 0.3) is 0 Å². The van der Waals surface area contributed by atoms with Crippen molar-refractivity contribution in [3.05, 3.63) is 17.1 Å². The standard InChI is InChI=1S/C11H16N2O3S/c1-11(2,3)16-10(15)13(4)7-8(14)9-5-6-12-17-9/h5-6H,7H2,1-4H3. The van der Waals surface area contributed by atoms with Crippen molar-refractivity contribution >= 4 is 23.4 Å². The van der Waals surface area contributed by atoms with E-state index in [4.69, 9.17) is 4.74 Å². The lowest BCUT2D eigenvalue weighted by atomic mass is 10.2. The van der Waals surface area contributed by atoms with Gasteiger partial charge in [-0.15, -0.1) is 0 Å². The number of hydrogen-bond donors (Lipinski definition) is 0. The second kappa shape index (κ2) is 5.27. The zero-order valence-corrected chi connectivity index (χ0v) is 11.2. The van der Waals surface area contributed by atoms with E-state index in [1.54, 1.807) is 33.0 Å². The van der Waals surface area contributed by atoms with Gasteiger partial charge in [-0.3, -0.25) is 4.79 Å². The molecule has 0 aliphatic carbocycles. The van der Waals surface area contributed by atoms with Crippen LogP contribution in [0.1, 0.15) is 30.4 Å². The van der Waals surface area contributed by atoms with E-state index in [0.29, 0.717) is 4.88 Å². The quantitative estimate of drug-likeness (QED) is 0.778. The number of ketones is 1. The Bertz CT molecular complexity index is 395. The molecule has 0 aliphatic rings. The maximum Gasteiger partial charge on any atom is 0.410 e. The summed E-state index contributed by atoms with van der Waals surface area (Å²) in [4.78, 5) is 25.1. The highest BCUT2D eigenvalue weighted by Gasteiger charge is 2.21. The molecular formula is C11H16N2O3S. The van der Waals surface area contributed by atoms with Gasteiger partial charge in [-0.05, 0) is 38.4 Å². The summed E-state index contributed by atoms with van der Waals surface area (Å²) < 4.78 is 8.98. The molecule has 1 aromatic rings. The van der Waals surface area contributed by atoms with Crippen molar-refractivity contribution in [2.75, 3.05) is 13.6 Å².